The Morgan fingerprint density at radius 1 is 1.32 bits per heavy atom. The van der Waals surface area contributed by atoms with Gasteiger partial charge in [0, 0.05) is 49.2 Å². The summed E-state index contributed by atoms with van der Waals surface area (Å²) in [4.78, 5) is 30.5. The number of carbonyl (C=O) groups excluding carboxylic acids is 1. The molecule has 28 heavy (non-hydrogen) atoms. The van der Waals surface area contributed by atoms with Crippen LogP contribution in [-0.4, -0.2) is 45.0 Å². The van der Waals surface area contributed by atoms with Crippen molar-refractivity contribution in [1.29, 1.82) is 0 Å². The van der Waals surface area contributed by atoms with Gasteiger partial charge in [0.1, 0.15) is 23.2 Å². The molecule has 5 rings (SSSR count). The number of aliphatic carboxylic acids is 1. The highest BCUT2D eigenvalue weighted by molar-refractivity contribution is 6.13. The lowest BCUT2D eigenvalue weighted by Gasteiger charge is -2.33. The minimum Gasteiger partial charge on any atom is -0.481 e. The summed E-state index contributed by atoms with van der Waals surface area (Å²) < 4.78 is 17.0. The zero-order valence-corrected chi connectivity index (χ0v) is 15.5. The van der Waals surface area contributed by atoms with E-state index in [1.165, 1.54) is 6.07 Å². The molecule has 146 valence electrons. The van der Waals surface area contributed by atoms with Crippen LogP contribution < -0.4 is 10.2 Å². The monoisotopic (exact) mass is 384 g/mol. The number of halogens is 1. The minimum atomic E-state index is -1.17. The Balaban J connectivity index is 1.60. The van der Waals surface area contributed by atoms with E-state index in [2.05, 4.69) is 21.8 Å². The van der Waals surface area contributed by atoms with E-state index in [-0.39, 0.29) is 23.8 Å². The fourth-order valence-corrected chi connectivity index (χ4v) is 4.18. The first-order valence-electron chi connectivity index (χ1n) is 9.59. The van der Waals surface area contributed by atoms with Crippen molar-refractivity contribution in [2.24, 2.45) is 5.92 Å². The van der Waals surface area contributed by atoms with Crippen LogP contribution in [0.1, 0.15) is 35.8 Å². The fourth-order valence-electron chi connectivity index (χ4n) is 4.18. The van der Waals surface area contributed by atoms with Crippen molar-refractivity contribution in [2.45, 2.75) is 44.9 Å². The van der Waals surface area contributed by atoms with Crippen molar-refractivity contribution in [2.75, 3.05) is 11.4 Å². The number of rotatable bonds is 3. The molecule has 4 heterocycles. The first-order chi connectivity index (χ1) is 13.4. The number of ketones is 1. The summed E-state index contributed by atoms with van der Waals surface area (Å²) in [6, 6.07) is 3.60. The molecule has 2 aromatic rings. The standard InChI is InChI=1S/C20H21FN4O3/c1-10-7-24-8-11(4-13(24)6-22-10)17-16(21)5-14-18(26)15(20(27)28)9-25(12-2-3-12)19(14)23-17/h4-5,8,10,12,15,22H,2-3,6-7,9H2,1H3,(H,27,28)/t10-,15?/m0/s1. The zero-order chi connectivity index (χ0) is 19.6. The van der Waals surface area contributed by atoms with Gasteiger partial charge in [-0.3, -0.25) is 9.59 Å². The maximum Gasteiger partial charge on any atom is 0.316 e. The van der Waals surface area contributed by atoms with Crippen molar-refractivity contribution in [1.82, 2.24) is 14.9 Å². The predicted molar refractivity (Wildman–Crippen MR) is 99.7 cm³/mol. The summed E-state index contributed by atoms with van der Waals surface area (Å²) in [5, 5.41) is 12.8. The van der Waals surface area contributed by atoms with Crippen molar-refractivity contribution >= 4 is 17.6 Å². The molecule has 0 saturated heterocycles. The summed E-state index contributed by atoms with van der Waals surface area (Å²) >= 11 is 0. The van der Waals surface area contributed by atoms with E-state index >= 15 is 0 Å². The van der Waals surface area contributed by atoms with E-state index < -0.39 is 23.5 Å². The Morgan fingerprint density at radius 3 is 2.82 bits per heavy atom. The summed E-state index contributed by atoms with van der Waals surface area (Å²) in [6.07, 6.45) is 3.76. The molecule has 0 spiro atoms. The number of Topliss-reactive ketones (excluding diaryl/α,β-unsaturated/α-hetero) is 1. The van der Waals surface area contributed by atoms with Gasteiger partial charge in [-0.1, -0.05) is 0 Å². The second kappa shape index (κ2) is 6.13. The number of fused-ring (bicyclic) bond motifs is 2. The number of hydrogen-bond acceptors (Lipinski definition) is 5. The van der Waals surface area contributed by atoms with E-state index in [0.29, 0.717) is 24.0 Å². The maximum absolute atomic E-state index is 14.9. The van der Waals surface area contributed by atoms with Gasteiger partial charge in [-0.25, -0.2) is 9.37 Å². The molecule has 1 unspecified atom stereocenters. The van der Waals surface area contributed by atoms with E-state index in [1.807, 2.05) is 17.2 Å². The molecular formula is C20H21FN4O3. The third-order valence-electron chi connectivity index (χ3n) is 5.84. The number of carbonyl (C=O) groups is 2. The molecule has 7 nitrogen and oxygen atoms in total. The quantitative estimate of drug-likeness (QED) is 0.788. The molecule has 2 aromatic heterocycles. The van der Waals surface area contributed by atoms with Crippen molar-refractivity contribution in [3.05, 3.63) is 35.4 Å². The number of carboxylic acid groups (broad SMARTS) is 1. The van der Waals surface area contributed by atoms with E-state index in [0.717, 1.165) is 25.1 Å². The Bertz CT molecular complexity index is 998. The van der Waals surface area contributed by atoms with Crippen molar-refractivity contribution in [3.63, 3.8) is 0 Å². The number of hydrogen-bond donors (Lipinski definition) is 2. The predicted octanol–water partition coefficient (Wildman–Crippen LogP) is 2.05. The Labute approximate surface area is 161 Å². The topological polar surface area (TPSA) is 87.5 Å². The third kappa shape index (κ3) is 2.71. The molecule has 1 fully saturated rings. The molecule has 0 aromatic carbocycles. The lowest BCUT2D eigenvalue weighted by atomic mass is 9.92. The fraction of sp³-hybridized carbons (Fsp3) is 0.450. The highest BCUT2D eigenvalue weighted by Gasteiger charge is 2.43. The van der Waals surface area contributed by atoms with Gasteiger partial charge in [0.25, 0.3) is 0 Å². The largest absolute Gasteiger partial charge is 0.481 e. The number of carboxylic acids is 1. The smallest absolute Gasteiger partial charge is 0.316 e. The molecule has 2 N–H and O–H groups in total. The number of pyridine rings is 1. The number of nitrogens with one attached hydrogen (secondary N) is 1. The first-order valence-corrected chi connectivity index (χ1v) is 9.59. The normalized spacial score (nSPS) is 24.1. The first kappa shape index (κ1) is 17.4. The van der Waals surface area contributed by atoms with Gasteiger partial charge in [0.15, 0.2) is 5.78 Å². The molecular weight excluding hydrogens is 363 g/mol. The molecule has 1 saturated carbocycles. The van der Waals surface area contributed by atoms with Crippen LogP contribution in [0.25, 0.3) is 11.3 Å². The minimum absolute atomic E-state index is 0.0751. The number of nitrogens with zero attached hydrogens (tertiary/aromatic N) is 3. The number of aromatic nitrogens is 2. The average Bonchev–Trinajstić information content (AvgIpc) is 3.41. The Morgan fingerprint density at radius 2 is 2.11 bits per heavy atom. The molecule has 0 radical (unpaired) electrons. The highest BCUT2D eigenvalue weighted by Crippen LogP contribution is 2.39. The summed E-state index contributed by atoms with van der Waals surface area (Å²) in [5.74, 6) is -3.09. The van der Waals surface area contributed by atoms with Gasteiger partial charge >= 0.3 is 5.97 Å². The van der Waals surface area contributed by atoms with Gasteiger partial charge in [0.05, 0.1) is 5.56 Å². The lowest BCUT2D eigenvalue weighted by Crippen LogP contribution is -2.44. The van der Waals surface area contributed by atoms with Crippen LogP contribution in [-0.2, 0) is 17.9 Å². The zero-order valence-electron chi connectivity index (χ0n) is 15.5. The van der Waals surface area contributed by atoms with Gasteiger partial charge in [-0.05, 0) is 31.9 Å². The lowest BCUT2D eigenvalue weighted by molar-refractivity contribution is -0.139. The van der Waals surface area contributed by atoms with Crippen molar-refractivity contribution < 1.29 is 19.1 Å². The molecule has 2 atom stereocenters. The van der Waals surface area contributed by atoms with E-state index in [9.17, 15) is 19.1 Å². The summed E-state index contributed by atoms with van der Waals surface area (Å²) in [7, 11) is 0. The van der Waals surface area contributed by atoms with Gasteiger partial charge in [-0.2, -0.15) is 0 Å². The maximum atomic E-state index is 14.9. The third-order valence-corrected chi connectivity index (χ3v) is 5.84. The van der Waals surface area contributed by atoms with Crippen LogP contribution in [0.2, 0.25) is 0 Å². The van der Waals surface area contributed by atoms with Gasteiger partial charge < -0.3 is 19.9 Å². The summed E-state index contributed by atoms with van der Waals surface area (Å²) in [5.41, 5.74) is 2.02. The van der Waals surface area contributed by atoms with Gasteiger partial charge in [-0.15, -0.1) is 0 Å². The van der Waals surface area contributed by atoms with Crippen LogP contribution in [0.15, 0.2) is 18.3 Å². The second-order valence-corrected chi connectivity index (χ2v) is 7.98. The average molecular weight is 384 g/mol. The van der Waals surface area contributed by atoms with Crippen LogP contribution in [0.4, 0.5) is 10.2 Å². The van der Waals surface area contributed by atoms with Crippen LogP contribution in [0.5, 0.6) is 0 Å². The number of anilines is 1. The SMILES string of the molecule is C[C@H]1Cn2cc(-c3nc4c(cc3F)C(=O)C(C(=O)O)CN4C3CC3)cc2CN1. The molecule has 8 heteroatoms. The highest BCUT2D eigenvalue weighted by atomic mass is 19.1. The Hall–Kier alpha value is -2.74. The molecule has 2 aliphatic heterocycles. The van der Waals surface area contributed by atoms with Crippen LogP contribution >= 0.6 is 0 Å². The van der Waals surface area contributed by atoms with Crippen LogP contribution in [0.3, 0.4) is 0 Å². The van der Waals surface area contributed by atoms with E-state index in [1.54, 1.807) is 0 Å². The molecule has 1 aliphatic carbocycles. The molecule has 3 aliphatic rings. The van der Waals surface area contributed by atoms with Crippen molar-refractivity contribution in [3.8, 4) is 11.3 Å². The van der Waals surface area contributed by atoms with Crippen LogP contribution in [0, 0.1) is 11.7 Å². The Kier molecular flexibility index (Phi) is 3.80. The second-order valence-electron chi connectivity index (χ2n) is 7.98. The van der Waals surface area contributed by atoms with E-state index in [4.69, 9.17) is 0 Å². The van der Waals surface area contributed by atoms with Gasteiger partial charge in [0.2, 0.25) is 0 Å². The summed E-state index contributed by atoms with van der Waals surface area (Å²) in [6.45, 7) is 3.70. The molecule has 0 bridgehead atoms. The molecule has 0 amide bonds.